The van der Waals surface area contributed by atoms with Crippen LogP contribution < -0.4 is 4.90 Å². The molecule has 3 heterocycles. The molecule has 2 aliphatic rings. The van der Waals surface area contributed by atoms with Gasteiger partial charge < -0.3 is 19.4 Å². The smallest absolute Gasteiger partial charge is 0.409 e. The highest BCUT2D eigenvalue weighted by Crippen LogP contribution is 2.13. The zero-order valence-corrected chi connectivity index (χ0v) is 15.3. The lowest BCUT2D eigenvalue weighted by molar-refractivity contribution is -0.133. The summed E-state index contributed by atoms with van der Waals surface area (Å²) in [7, 11) is 0. The number of amides is 2. The van der Waals surface area contributed by atoms with Crippen LogP contribution >= 0.6 is 0 Å². The maximum absolute atomic E-state index is 12.6. The normalized spacial score (nSPS) is 18.7. The van der Waals surface area contributed by atoms with E-state index in [-0.39, 0.29) is 12.0 Å². The molecule has 0 spiro atoms. The van der Waals surface area contributed by atoms with Crippen molar-refractivity contribution in [3.63, 3.8) is 0 Å². The first kappa shape index (κ1) is 18.4. The van der Waals surface area contributed by atoms with Crippen LogP contribution in [0.25, 0.3) is 0 Å². The second kappa shape index (κ2) is 8.84. The molecule has 8 heteroatoms. The number of anilines is 1. The second-order valence-corrected chi connectivity index (χ2v) is 6.52. The average Bonchev–Trinajstić information content (AvgIpc) is 2.69. The largest absolute Gasteiger partial charge is 0.450 e. The summed E-state index contributed by atoms with van der Waals surface area (Å²) in [6.45, 7) is 8.30. The van der Waals surface area contributed by atoms with E-state index in [1.54, 1.807) is 18.0 Å². The molecule has 2 fully saturated rings. The lowest BCUT2D eigenvalue weighted by Gasteiger charge is -2.38. The first-order chi connectivity index (χ1) is 12.7. The van der Waals surface area contributed by atoms with Crippen LogP contribution in [-0.2, 0) is 9.53 Å². The summed E-state index contributed by atoms with van der Waals surface area (Å²) in [6.07, 6.45) is 1.53. The van der Waals surface area contributed by atoms with Gasteiger partial charge in [0.05, 0.1) is 13.2 Å². The van der Waals surface area contributed by atoms with E-state index in [9.17, 15) is 9.59 Å². The monoisotopic (exact) mass is 361 g/mol. The predicted molar refractivity (Wildman–Crippen MR) is 98.1 cm³/mol. The zero-order valence-electron chi connectivity index (χ0n) is 15.3. The van der Waals surface area contributed by atoms with Gasteiger partial charge in [-0.3, -0.25) is 9.69 Å². The molecule has 26 heavy (non-hydrogen) atoms. The molecule has 2 saturated heterocycles. The number of hydrogen-bond donors (Lipinski definition) is 0. The molecule has 0 aliphatic carbocycles. The van der Waals surface area contributed by atoms with Crippen molar-refractivity contribution in [3.8, 4) is 0 Å². The number of rotatable bonds is 4. The third-order valence-electron chi connectivity index (χ3n) is 4.86. The van der Waals surface area contributed by atoms with Crippen LogP contribution in [0, 0.1) is 0 Å². The molecular weight excluding hydrogens is 334 g/mol. The molecule has 0 radical (unpaired) electrons. The SMILES string of the molecule is CCOC(=O)N1CCN(CC(=O)N2CCN(c3ccccn3)CC2)CC1. The molecule has 0 saturated carbocycles. The van der Waals surface area contributed by atoms with Crippen LogP contribution in [0.2, 0.25) is 0 Å². The highest BCUT2D eigenvalue weighted by Gasteiger charge is 2.26. The van der Waals surface area contributed by atoms with Crippen LogP contribution in [0.1, 0.15) is 6.92 Å². The van der Waals surface area contributed by atoms with E-state index in [4.69, 9.17) is 4.74 Å². The lowest BCUT2D eigenvalue weighted by atomic mass is 10.2. The minimum atomic E-state index is -0.260. The number of carbonyl (C=O) groups excluding carboxylic acids is 2. The van der Waals surface area contributed by atoms with Gasteiger partial charge in [0.15, 0.2) is 0 Å². The Balaban J connectivity index is 1.40. The quantitative estimate of drug-likeness (QED) is 0.778. The molecule has 2 amide bonds. The Bertz CT molecular complexity index is 596. The van der Waals surface area contributed by atoms with Gasteiger partial charge >= 0.3 is 6.09 Å². The Morgan fingerprint density at radius 2 is 1.69 bits per heavy atom. The van der Waals surface area contributed by atoms with Gasteiger partial charge in [-0.2, -0.15) is 0 Å². The van der Waals surface area contributed by atoms with Crippen LogP contribution in [-0.4, -0.2) is 97.2 Å². The fourth-order valence-electron chi connectivity index (χ4n) is 3.32. The molecule has 0 aromatic carbocycles. The number of ether oxygens (including phenoxy) is 1. The van der Waals surface area contributed by atoms with Crippen molar-refractivity contribution in [1.82, 2.24) is 19.7 Å². The lowest BCUT2D eigenvalue weighted by Crippen LogP contribution is -2.54. The summed E-state index contributed by atoms with van der Waals surface area (Å²) < 4.78 is 5.02. The number of carbonyl (C=O) groups is 2. The molecule has 0 N–H and O–H groups in total. The van der Waals surface area contributed by atoms with Crippen molar-refractivity contribution in [1.29, 1.82) is 0 Å². The summed E-state index contributed by atoms with van der Waals surface area (Å²) in [5.41, 5.74) is 0. The summed E-state index contributed by atoms with van der Waals surface area (Å²) >= 11 is 0. The van der Waals surface area contributed by atoms with Crippen LogP contribution in [0.3, 0.4) is 0 Å². The molecule has 3 rings (SSSR count). The highest BCUT2D eigenvalue weighted by molar-refractivity contribution is 5.78. The van der Waals surface area contributed by atoms with E-state index in [2.05, 4.69) is 14.8 Å². The number of nitrogens with zero attached hydrogens (tertiary/aromatic N) is 5. The predicted octanol–water partition coefficient (Wildman–Crippen LogP) is 0.504. The van der Waals surface area contributed by atoms with Gasteiger partial charge in [-0.05, 0) is 19.1 Å². The fourth-order valence-corrected chi connectivity index (χ4v) is 3.32. The van der Waals surface area contributed by atoms with Gasteiger partial charge in [0.25, 0.3) is 0 Å². The Labute approximate surface area is 154 Å². The van der Waals surface area contributed by atoms with E-state index >= 15 is 0 Å². The topological polar surface area (TPSA) is 69.2 Å². The number of pyridine rings is 1. The minimum absolute atomic E-state index is 0.162. The standard InChI is InChI=1S/C18H27N5O3/c1-2-26-18(25)23-9-7-20(8-10-23)15-17(24)22-13-11-21(12-14-22)16-5-3-4-6-19-16/h3-6H,2,7-15H2,1H3. The first-order valence-corrected chi connectivity index (χ1v) is 9.25. The van der Waals surface area contributed by atoms with Gasteiger partial charge in [0, 0.05) is 58.6 Å². The second-order valence-electron chi connectivity index (χ2n) is 6.52. The van der Waals surface area contributed by atoms with Gasteiger partial charge in [-0.25, -0.2) is 9.78 Å². The van der Waals surface area contributed by atoms with Gasteiger partial charge in [0.2, 0.25) is 5.91 Å². The van der Waals surface area contributed by atoms with Gasteiger partial charge in [0.1, 0.15) is 5.82 Å². The molecule has 2 aliphatic heterocycles. The van der Waals surface area contributed by atoms with Crippen molar-refractivity contribution >= 4 is 17.8 Å². The molecule has 8 nitrogen and oxygen atoms in total. The number of aromatic nitrogens is 1. The summed E-state index contributed by atoms with van der Waals surface area (Å²) in [4.78, 5) is 36.6. The molecule has 0 unspecified atom stereocenters. The number of piperazine rings is 2. The number of hydrogen-bond acceptors (Lipinski definition) is 6. The minimum Gasteiger partial charge on any atom is -0.450 e. The van der Waals surface area contributed by atoms with E-state index < -0.39 is 0 Å². The molecule has 0 bridgehead atoms. The van der Waals surface area contributed by atoms with Gasteiger partial charge in [-0.1, -0.05) is 6.07 Å². The van der Waals surface area contributed by atoms with Crippen molar-refractivity contribution in [2.45, 2.75) is 6.92 Å². The van der Waals surface area contributed by atoms with Crippen molar-refractivity contribution in [3.05, 3.63) is 24.4 Å². The van der Waals surface area contributed by atoms with E-state index in [0.29, 0.717) is 39.3 Å². The summed E-state index contributed by atoms with van der Waals surface area (Å²) in [6, 6.07) is 5.89. The molecule has 1 aromatic heterocycles. The van der Waals surface area contributed by atoms with E-state index in [1.165, 1.54) is 0 Å². The Hall–Kier alpha value is -2.35. The fraction of sp³-hybridized carbons (Fsp3) is 0.611. The zero-order chi connectivity index (χ0) is 18.4. The van der Waals surface area contributed by atoms with Crippen molar-refractivity contribution < 1.29 is 14.3 Å². The molecular formula is C18H27N5O3. The Kier molecular flexibility index (Phi) is 6.27. The van der Waals surface area contributed by atoms with E-state index in [0.717, 1.165) is 32.0 Å². The third-order valence-corrected chi connectivity index (χ3v) is 4.86. The first-order valence-electron chi connectivity index (χ1n) is 9.25. The molecule has 1 aromatic rings. The molecule has 142 valence electrons. The average molecular weight is 361 g/mol. The van der Waals surface area contributed by atoms with Crippen molar-refractivity contribution in [2.24, 2.45) is 0 Å². The summed E-state index contributed by atoms with van der Waals surface area (Å²) in [5.74, 6) is 1.13. The summed E-state index contributed by atoms with van der Waals surface area (Å²) in [5, 5.41) is 0. The van der Waals surface area contributed by atoms with Crippen LogP contribution in [0.5, 0.6) is 0 Å². The molecule has 0 atom stereocenters. The Morgan fingerprint density at radius 1 is 1.00 bits per heavy atom. The maximum Gasteiger partial charge on any atom is 0.409 e. The van der Waals surface area contributed by atoms with Crippen molar-refractivity contribution in [2.75, 3.05) is 70.4 Å². The third kappa shape index (κ3) is 4.63. The maximum atomic E-state index is 12.6. The van der Waals surface area contributed by atoms with Crippen LogP contribution in [0.4, 0.5) is 10.6 Å². The van der Waals surface area contributed by atoms with Crippen LogP contribution in [0.15, 0.2) is 24.4 Å². The highest BCUT2D eigenvalue weighted by atomic mass is 16.6. The van der Waals surface area contributed by atoms with Gasteiger partial charge in [-0.15, -0.1) is 0 Å². The van der Waals surface area contributed by atoms with E-state index in [1.807, 2.05) is 23.1 Å². The Morgan fingerprint density at radius 3 is 2.31 bits per heavy atom.